The SMILES string of the molecule is C=C(COC(=O)Nc1ccc(C)cc1)C(=O)NC(CC(C)C)C(=O)NCC(=O)OCC. The molecule has 3 amide bonds. The number of carbonyl (C=O) groups excluding carboxylic acids is 4. The molecule has 0 fully saturated rings. The molecule has 1 unspecified atom stereocenters. The van der Waals surface area contributed by atoms with Crippen LogP contribution in [0.2, 0.25) is 0 Å². The molecule has 0 bridgehead atoms. The average Bonchev–Trinajstić information content (AvgIpc) is 2.71. The first-order valence-corrected chi connectivity index (χ1v) is 10.0. The molecular formula is C22H31N3O6. The first-order valence-electron chi connectivity index (χ1n) is 10.0. The Labute approximate surface area is 182 Å². The van der Waals surface area contributed by atoms with E-state index in [1.165, 1.54) is 0 Å². The summed E-state index contributed by atoms with van der Waals surface area (Å²) in [6.45, 7) is 10.6. The highest BCUT2D eigenvalue weighted by Gasteiger charge is 2.24. The third-order valence-electron chi connectivity index (χ3n) is 4.04. The summed E-state index contributed by atoms with van der Waals surface area (Å²) in [7, 11) is 0. The lowest BCUT2D eigenvalue weighted by Gasteiger charge is -2.20. The fraction of sp³-hybridized carbons (Fsp3) is 0.455. The Balaban J connectivity index is 2.55. The molecule has 0 radical (unpaired) electrons. The van der Waals surface area contributed by atoms with Gasteiger partial charge in [-0.3, -0.25) is 19.7 Å². The molecule has 0 aliphatic rings. The normalized spacial score (nSPS) is 11.3. The van der Waals surface area contributed by atoms with E-state index in [0.717, 1.165) is 5.56 Å². The molecule has 9 nitrogen and oxygen atoms in total. The fourth-order valence-electron chi connectivity index (χ4n) is 2.47. The van der Waals surface area contributed by atoms with Gasteiger partial charge < -0.3 is 20.1 Å². The molecule has 0 saturated heterocycles. The van der Waals surface area contributed by atoms with Crippen LogP contribution in [-0.2, 0) is 23.9 Å². The Kier molecular flexibility index (Phi) is 10.8. The highest BCUT2D eigenvalue weighted by molar-refractivity contribution is 5.97. The summed E-state index contributed by atoms with van der Waals surface area (Å²) < 4.78 is 9.78. The lowest BCUT2D eigenvalue weighted by molar-refractivity contribution is -0.143. The van der Waals surface area contributed by atoms with E-state index in [2.05, 4.69) is 22.5 Å². The fourth-order valence-corrected chi connectivity index (χ4v) is 2.47. The summed E-state index contributed by atoms with van der Waals surface area (Å²) in [5, 5.41) is 7.56. The van der Waals surface area contributed by atoms with Gasteiger partial charge in [0.25, 0.3) is 5.91 Å². The molecule has 1 aromatic rings. The highest BCUT2D eigenvalue weighted by atomic mass is 16.5. The summed E-state index contributed by atoms with van der Waals surface area (Å²) >= 11 is 0. The highest BCUT2D eigenvalue weighted by Crippen LogP contribution is 2.09. The van der Waals surface area contributed by atoms with Crippen molar-refractivity contribution >= 4 is 29.6 Å². The van der Waals surface area contributed by atoms with Crippen LogP contribution < -0.4 is 16.0 Å². The molecule has 0 aliphatic heterocycles. The molecule has 0 saturated carbocycles. The van der Waals surface area contributed by atoms with Crippen LogP contribution in [0.1, 0.15) is 32.8 Å². The number of hydrogen-bond donors (Lipinski definition) is 3. The Bertz CT molecular complexity index is 789. The van der Waals surface area contributed by atoms with Crippen LogP contribution in [0.3, 0.4) is 0 Å². The Morgan fingerprint density at radius 3 is 2.29 bits per heavy atom. The number of benzene rings is 1. The zero-order valence-electron chi connectivity index (χ0n) is 18.4. The molecule has 1 aromatic carbocycles. The van der Waals surface area contributed by atoms with Gasteiger partial charge in [-0.25, -0.2) is 4.79 Å². The third-order valence-corrected chi connectivity index (χ3v) is 4.04. The second-order valence-electron chi connectivity index (χ2n) is 7.35. The molecule has 0 spiro atoms. The molecule has 0 heterocycles. The Morgan fingerprint density at radius 2 is 1.71 bits per heavy atom. The molecule has 0 aliphatic carbocycles. The first-order chi connectivity index (χ1) is 14.6. The largest absolute Gasteiger partial charge is 0.465 e. The van der Waals surface area contributed by atoms with E-state index < -0.39 is 29.9 Å². The van der Waals surface area contributed by atoms with Crippen molar-refractivity contribution in [1.29, 1.82) is 0 Å². The standard InChI is InChI=1S/C22H31N3O6/c1-6-30-19(26)12-23-21(28)18(11-14(2)3)25-20(27)16(5)13-31-22(29)24-17-9-7-15(4)8-10-17/h7-10,14,18H,5-6,11-13H2,1-4H3,(H,23,28)(H,24,29)(H,25,27). The van der Waals surface area contributed by atoms with Gasteiger partial charge >= 0.3 is 12.1 Å². The van der Waals surface area contributed by atoms with E-state index in [0.29, 0.717) is 12.1 Å². The van der Waals surface area contributed by atoms with Crippen LogP contribution in [0.5, 0.6) is 0 Å². The number of esters is 1. The van der Waals surface area contributed by atoms with Crippen LogP contribution in [0.4, 0.5) is 10.5 Å². The number of nitrogens with one attached hydrogen (secondary N) is 3. The van der Waals surface area contributed by atoms with Gasteiger partial charge in [0.2, 0.25) is 5.91 Å². The lowest BCUT2D eigenvalue weighted by Crippen LogP contribution is -2.49. The topological polar surface area (TPSA) is 123 Å². The van der Waals surface area contributed by atoms with E-state index in [4.69, 9.17) is 9.47 Å². The van der Waals surface area contributed by atoms with Crippen molar-refractivity contribution in [3.63, 3.8) is 0 Å². The smallest absolute Gasteiger partial charge is 0.411 e. The minimum absolute atomic E-state index is 0.0222. The van der Waals surface area contributed by atoms with Gasteiger partial charge in [0.15, 0.2) is 0 Å². The molecule has 170 valence electrons. The Morgan fingerprint density at radius 1 is 1.06 bits per heavy atom. The van der Waals surface area contributed by atoms with Gasteiger partial charge in [-0.2, -0.15) is 0 Å². The van der Waals surface area contributed by atoms with Crippen molar-refractivity contribution in [2.45, 2.75) is 40.2 Å². The molecule has 0 aromatic heterocycles. The molecule has 1 atom stereocenters. The maximum Gasteiger partial charge on any atom is 0.411 e. The summed E-state index contributed by atoms with van der Waals surface area (Å²) in [6, 6.07) is 6.25. The molecule has 1 rings (SSSR count). The zero-order valence-corrected chi connectivity index (χ0v) is 18.4. The van der Waals surface area contributed by atoms with Crippen LogP contribution in [0.25, 0.3) is 0 Å². The van der Waals surface area contributed by atoms with Gasteiger partial charge in [0.05, 0.1) is 6.61 Å². The van der Waals surface area contributed by atoms with Gasteiger partial charge in [0.1, 0.15) is 19.2 Å². The molecule has 9 heteroatoms. The summed E-state index contributed by atoms with van der Waals surface area (Å²) in [4.78, 5) is 48.1. The van der Waals surface area contributed by atoms with Crippen molar-refractivity contribution < 1.29 is 28.7 Å². The van der Waals surface area contributed by atoms with Crippen molar-refractivity contribution in [3.05, 3.63) is 42.0 Å². The van der Waals surface area contributed by atoms with Gasteiger partial charge in [-0.1, -0.05) is 38.1 Å². The summed E-state index contributed by atoms with van der Waals surface area (Å²) in [6.07, 6.45) is -0.383. The number of hydrogen-bond acceptors (Lipinski definition) is 6. The summed E-state index contributed by atoms with van der Waals surface area (Å²) in [5.41, 5.74) is 1.58. The molecular weight excluding hydrogens is 402 g/mol. The number of rotatable bonds is 11. The van der Waals surface area contributed by atoms with Crippen LogP contribution in [-0.4, -0.2) is 49.7 Å². The van der Waals surface area contributed by atoms with Gasteiger partial charge in [-0.05, 0) is 38.3 Å². The monoisotopic (exact) mass is 433 g/mol. The van der Waals surface area contributed by atoms with Crippen LogP contribution in [0, 0.1) is 12.8 Å². The molecule has 3 N–H and O–H groups in total. The maximum atomic E-state index is 12.4. The second kappa shape index (κ2) is 13.0. The minimum Gasteiger partial charge on any atom is -0.465 e. The average molecular weight is 434 g/mol. The minimum atomic E-state index is -0.875. The number of aryl methyl sites for hydroxylation is 1. The van der Waals surface area contributed by atoms with Crippen molar-refractivity contribution in [3.8, 4) is 0 Å². The Hall–Kier alpha value is -3.36. The van der Waals surface area contributed by atoms with Crippen molar-refractivity contribution in [2.75, 3.05) is 25.1 Å². The van der Waals surface area contributed by atoms with E-state index >= 15 is 0 Å². The quantitative estimate of drug-likeness (QED) is 0.364. The molecule has 31 heavy (non-hydrogen) atoms. The number of ether oxygens (including phenoxy) is 2. The van der Waals surface area contributed by atoms with Gasteiger partial charge in [0, 0.05) is 11.3 Å². The van der Waals surface area contributed by atoms with Gasteiger partial charge in [-0.15, -0.1) is 0 Å². The van der Waals surface area contributed by atoms with Crippen LogP contribution >= 0.6 is 0 Å². The predicted molar refractivity (Wildman–Crippen MR) is 116 cm³/mol. The van der Waals surface area contributed by atoms with Crippen LogP contribution in [0.15, 0.2) is 36.4 Å². The van der Waals surface area contributed by atoms with E-state index in [-0.39, 0.29) is 31.2 Å². The van der Waals surface area contributed by atoms with E-state index in [1.807, 2.05) is 32.9 Å². The number of amides is 3. The van der Waals surface area contributed by atoms with E-state index in [9.17, 15) is 19.2 Å². The maximum absolute atomic E-state index is 12.4. The number of anilines is 1. The third kappa shape index (κ3) is 10.3. The second-order valence-corrected chi connectivity index (χ2v) is 7.35. The zero-order chi connectivity index (χ0) is 23.4. The van der Waals surface area contributed by atoms with Crippen molar-refractivity contribution in [1.82, 2.24) is 10.6 Å². The number of carbonyl (C=O) groups is 4. The first kappa shape index (κ1) is 25.7. The lowest BCUT2D eigenvalue weighted by atomic mass is 10.0. The predicted octanol–water partition coefficient (Wildman–Crippen LogP) is 2.31. The van der Waals surface area contributed by atoms with Crippen molar-refractivity contribution in [2.24, 2.45) is 5.92 Å². The van der Waals surface area contributed by atoms with E-state index in [1.54, 1.807) is 19.1 Å². The summed E-state index contributed by atoms with van der Waals surface area (Å²) in [5.74, 6) is -1.60.